The highest BCUT2D eigenvalue weighted by molar-refractivity contribution is 5.38. The first-order valence-corrected chi connectivity index (χ1v) is 12.5. The zero-order valence-electron chi connectivity index (χ0n) is 20.2. The van der Waals surface area contributed by atoms with E-state index in [1.54, 1.807) is 0 Å². The minimum absolute atomic E-state index is 0.0809. The standard InChI is InChI=1S/C24H33FO5.C2H6/c1-15-10-18-17-8-7-16-6-4-5-9-20(16,2)23(17,25)19(26)11-21(18,3)24(15)22(29-14-30-24)12-27-13-28-22;1-2/h5-6,9,15,17-19,26H,4,7-8,10-14H2,1-3H3;1-2H3/t15-,17+,18+,19+,20+,21+,22?,23+,24-;/m1./s1. The second kappa shape index (κ2) is 7.35. The van der Waals surface area contributed by atoms with Gasteiger partial charge in [-0.2, -0.15) is 0 Å². The van der Waals surface area contributed by atoms with E-state index in [0.717, 1.165) is 31.3 Å². The highest BCUT2D eigenvalue weighted by Gasteiger charge is 2.81. The number of aliphatic hydroxyl groups excluding tert-OH is 1. The lowest BCUT2D eigenvalue weighted by atomic mass is 9.44. The van der Waals surface area contributed by atoms with Crippen LogP contribution in [-0.2, 0) is 18.9 Å². The molecular formula is C26H39FO5. The highest BCUT2D eigenvalue weighted by atomic mass is 19.1. The Labute approximate surface area is 191 Å². The van der Waals surface area contributed by atoms with E-state index in [2.05, 4.69) is 26.0 Å². The Balaban J connectivity index is 0.00000105. The van der Waals surface area contributed by atoms with Gasteiger partial charge in [0, 0.05) is 16.7 Å². The molecule has 9 atom stereocenters. The van der Waals surface area contributed by atoms with Crippen molar-refractivity contribution in [3.05, 3.63) is 23.8 Å². The van der Waals surface area contributed by atoms with Gasteiger partial charge in [0.2, 0.25) is 5.79 Å². The summed E-state index contributed by atoms with van der Waals surface area (Å²) < 4.78 is 41.4. The number of ether oxygens (including phenoxy) is 4. The van der Waals surface area contributed by atoms with Crippen LogP contribution in [0.1, 0.15) is 66.7 Å². The van der Waals surface area contributed by atoms with Crippen molar-refractivity contribution in [1.29, 1.82) is 0 Å². The molecule has 6 heteroatoms. The summed E-state index contributed by atoms with van der Waals surface area (Å²) in [6.45, 7) is 11.0. The van der Waals surface area contributed by atoms with Crippen molar-refractivity contribution >= 4 is 0 Å². The van der Waals surface area contributed by atoms with Crippen LogP contribution in [0.5, 0.6) is 0 Å². The molecule has 0 aromatic carbocycles. The van der Waals surface area contributed by atoms with Crippen LogP contribution in [0.4, 0.5) is 4.39 Å². The summed E-state index contributed by atoms with van der Waals surface area (Å²) in [6.07, 6.45) is 8.85. The van der Waals surface area contributed by atoms with Gasteiger partial charge in [-0.1, -0.05) is 51.5 Å². The minimum Gasteiger partial charge on any atom is -0.390 e. The SMILES string of the molecule is CC.C[C@@H]1C[C@H]2[C@@H]3CCC4=CCC=C[C@]4(C)[C@@]3(F)[C@@H](O)C[C@]2(C)[C@]12OCOC21COCO1. The molecule has 0 amide bonds. The van der Waals surface area contributed by atoms with E-state index in [-0.39, 0.29) is 31.3 Å². The Kier molecular flexibility index (Phi) is 5.28. The molecule has 180 valence electrons. The maximum absolute atomic E-state index is 17.2. The van der Waals surface area contributed by atoms with Gasteiger partial charge in [0.05, 0.1) is 6.10 Å². The molecule has 1 unspecified atom stereocenters. The molecular weight excluding hydrogens is 411 g/mol. The third kappa shape index (κ3) is 2.36. The van der Waals surface area contributed by atoms with Crippen molar-refractivity contribution in [3.8, 4) is 0 Å². The van der Waals surface area contributed by atoms with E-state index in [0.29, 0.717) is 13.0 Å². The highest BCUT2D eigenvalue weighted by Crippen LogP contribution is 2.74. The second-order valence-corrected chi connectivity index (χ2v) is 10.9. The third-order valence-electron chi connectivity index (χ3n) is 10.0. The second-order valence-electron chi connectivity index (χ2n) is 10.9. The lowest BCUT2D eigenvalue weighted by Crippen LogP contribution is -2.71. The van der Waals surface area contributed by atoms with E-state index in [1.807, 2.05) is 26.8 Å². The molecule has 5 nitrogen and oxygen atoms in total. The number of rotatable bonds is 0. The average molecular weight is 451 g/mol. The Morgan fingerprint density at radius 3 is 2.56 bits per heavy atom. The van der Waals surface area contributed by atoms with Crippen LogP contribution >= 0.6 is 0 Å². The molecule has 0 bridgehead atoms. The Hall–Kier alpha value is -0.790. The van der Waals surface area contributed by atoms with Gasteiger partial charge in [-0.25, -0.2) is 4.39 Å². The molecule has 2 saturated heterocycles. The number of aliphatic hydroxyl groups is 1. The molecule has 2 heterocycles. The van der Waals surface area contributed by atoms with Crippen molar-refractivity contribution in [3.63, 3.8) is 0 Å². The lowest BCUT2D eigenvalue weighted by Gasteiger charge is -2.63. The van der Waals surface area contributed by atoms with Crippen molar-refractivity contribution in [1.82, 2.24) is 0 Å². The van der Waals surface area contributed by atoms with Crippen LogP contribution in [0.2, 0.25) is 0 Å². The fourth-order valence-corrected chi connectivity index (χ4v) is 8.87. The summed E-state index contributed by atoms with van der Waals surface area (Å²) in [6, 6.07) is 0. The van der Waals surface area contributed by atoms with Crippen LogP contribution in [0, 0.1) is 28.6 Å². The monoisotopic (exact) mass is 450 g/mol. The van der Waals surface area contributed by atoms with Gasteiger partial charge in [0.1, 0.15) is 12.2 Å². The van der Waals surface area contributed by atoms with E-state index in [1.165, 1.54) is 0 Å². The fraction of sp³-hybridized carbons (Fsp3) is 0.846. The molecule has 4 aliphatic carbocycles. The van der Waals surface area contributed by atoms with E-state index in [9.17, 15) is 5.11 Å². The molecule has 0 aromatic rings. The lowest BCUT2D eigenvalue weighted by molar-refractivity contribution is -0.277. The van der Waals surface area contributed by atoms with Crippen LogP contribution in [-0.4, -0.2) is 48.5 Å². The number of halogens is 1. The van der Waals surface area contributed by atoms with Crippen molar-refractivity contribution in [2.45, 2.75) is 89.9 Å². The van der Waals surface area contributed by atoms with Gasteiger partial charge < -0.3 is 24.1 Å². The first-order chi connectivity index (χ1) is 15.3. The maximum Gasteiger partial charge on any atom is 0.227 e. The van der Waals surface area contributed by atoms with Gasteiger partial charge >= 0.3 is 0 Å². The van der Waals surface area contributed by atoms with E-state index in [4.69, 9.17) is 18.9 Å². The molecule has 2 spiro atoms. The molecule has 6 aliphatic rings. The van der Waals surface area contributed by atoms with Crippen LogP contribution in [0.3, 0.4) is 0 Å². The van der Waals surface area contributed by atoms with Gasteiger partial charge in [-0.3, -0.25) is 0 Å². The number of fused-ring (bicyclic) bond motifs is 7. The number of allylic oxidation sites excluding steroid dienone is 4. The normalized spacial score (nSPS) is 55.8. The van der Waals surface area contributed by atoms with Crippen molar-refractivity contribution in [2.75, 3.05) is 20.2 Å². The summed E-state index contributed by atoms with van der Waals surface area (Å²) >= 11 is 0. The Bertz CT molecular complexity index is 816. The molecule has 0 aromatic heterocycles. The molecule has 32 heavy (non-hydrogen) atoms. The molecule has 1 N–H and O–H groups in total. The van der Waals surface area contributed by atoms with Crippen LogP contribution < -0.4 is 0 Å². The number of hydrogen-bond acceptors (Lipinski definition) is 5. The third-order valence-corrected chi connectivity index (χ3v) is 10.0. The summed E-state index contributed by atoms with van der Waals surface area (Å²) in [5.74, 6) is -1.02. The van der Waals surface area contributed by atoms with Crippen molar-refractivity contribution in [2.24, 2.45) is 28.6 Å². The molecule has 5 fully saturated rings. The Morgan fingerprint density at radius 1 is 1.09 bits per heavy atom. The first kappa shape index (κ1) is 23.0. The summed E-state index contributed by atoms with van der Waals surface area (Å²) in [4.78, 5) is 0. The Morgan fingerprint density at radius 2 is 1.84 bits per heavy atom. The largest absolute Gasteiger partial charge is 0.390 e. The van der Waals surface area contributed by atoms with Crippen molar-refractivity contribution < 1.29 is 28.4 Å². The first-order valence-electron chi connectivity index (χ1n) is 12.5. The smallest absolute Gasteiger partial charge is 0.227 e. The van der Waals surface area contributed by atoms with E-state index >= 15 is 4.39 Å². The van der Waals surface area contributed by atoms with Crippen LogP contribution in [0.15, 0.2) is 23.8 Å². The zero-order valence-corrected chi connectivity index (χ0v) is 20.2. The molecule has 3 saturated carbocycles. The topological polar surface area (TPSA) is 57.2 Å². The zero-order chi connectivity index (χ0) is 23.0. The van der Waals surface area contributed by atoms with Gasteiger partial charge in [-0.05, 0) is 50.9 Å². The maximum atomic E-state index is 17.2. The fourth-order valence-electron chi connectivity index (χ4n) is 8.87. The minimum atomic E-state index is -1.68. The average Bonchev–Trinajstić information content (AvgIpc) is 3.46. The van der Waals surface area contributed by atoms with E-state index < -0.39 is 34.0 Å². The summed E-state index contributed by atoms with van der Waals surface area (Å²) in [5.41, 5.74) is -2.49. The number of hydrogen-bond donors (Lipinski definition) is 1. The molecule has 2 aliphatic heterocycles. The van der Waals surface area contributed by atoms with Gasteiger partial charge in [0.25, 0.3) is 0 Å². The summed E-state index contributed by atoms with van der Waals surface area (Å²) in [7, 11) is 0. The van der Waals surface area contributed by atoms with Crippen LogP contribution in [0.25, 0.3) is 0 Å². The summed E-state index contributed by atoms with van der Waals surface area (Å²) in [5, 5.41) is 11.5. The molecule has 6 rings (SSSR count). The predicted molar refractivity (Wildman–Crippen MR) is 118 cm³/mol. The molecule has 0 radical (unpaired) electrons. The van der Waals surface area contributed by atoms with Gasteiger partial charge in [-0.15, -0.1) is 0 Å². The predicted octanol–water partition coefficient (Wildman–Crippen LogP) is 4.89. The quantitative estimate of drug-likeness (QED) is 0.533. The number of alkyl halides is 1. The van der Waals surface area contributed by atoms with Gasteiger partial charge in [0.15, 0.2) is 19.3 Å².